The van der Waals surface area contributed by atoms with Crippen LogP contribution in [0.25, 0.3) is 0 Å². The van der Waals surface area contributed by atoms with E-state index >= 15 is 0 Å². The van der Waals surface area contributed by atoms with Crippen LogP contribution in [0.5, 0.6) is 5.75 Å². The Morgan fingerprint density at radius 2 is 1.96 bits per heavy atom. The molecule has 1 aromatic carbocycles. The van der Waals surface area contributed by atoms with Crippen molar-refractivity contribution in [3.05, 3.63) is 29.3 Å². The number of benzene rings is 1. The van der Waals surface area contributed by atoms with Crippen molar-refractivity contribution in [3.63, 3.8) is 0 Å². The Kier molecular flexibility index (Phi) is 8.77. The highest BCUT2D eigenvalue weighted by atomic mass is 16.5. The molecule has 0 aliphatic carbocycles. The molecule has 0 unspecified atom stereocenters. The molecule has 0 aromatic heterocycles. The monoisotopic (exact) mass is 390 g/mol. The number of ether oxygens (including phenoxy) is 2. The molecule has 0 radical (unpaired) electrons. The molecule has 156 valence electrons. The van der Waals surface area contributed by atoms with Crippen LogP contribution in [0.3, 0.4) is 0 Å². The zero-order valence-corrected chi connectivity index (χ0v) is 17.6. The maximum atomic E-state index is 12.5. The molecule has 28 heavy (non-hydrogen) atoms. The summed E-state index contributed by atoms with van der Waals surface area (Å²) in [6.45, 7) is 8.77. The highest BCUT2D eigenvalue weighted by molar-refractivity contribution is 5.80. The van der Waals surface area contributed by atoms with Crippen LogP contribution in [0, 0.1) is 12.8 Å². The van der Waals surface area contributed by atoms with Gasteiger partial charge in [0.2, 0.25) is 5.91 Å². The Balaban J connectivity index is 1.78. The predicted molar refractivity (Wildman–Crippen MR) is 110 cm³/mol. The van der Waals surface area contributed by atoms with Gasteiger partial charge < -0.3 is 19.7 Å². The van der Waals surface area contributed by atoms with E-state index in [4.69, 9.17) is 9.47 Å². The first-order chi connectivity index (χ1) is 13.4. The molecule has 2 amide bonds. The van der Waals surface area contributed by atoms with E-state index in [2.05, 4.69) is 31.3 Å². The fraction of sp³-hybridized carbons (Fsp3) is 0.636. The number of carbonyl (C=O) groups excluding carboxylic acids is 2. The number of nitrogens with one attached hydrogen (secondary N) is 1. The van der Waals surface area contributed by atoms with Crippen molar-refractivity contribution in [1.82, 2.24) is 10.2 Å². The van der Waals surface area contributed by atoms with Crippen LogP contribution in [0.2, 0.25) is 0 Å². The predicted octanol–water partition coefficient (Wildman–Crippen LogP) is 2.89. The fourth-order valence-electron chi connectivity index (χ4n) is 3.44. The summed E-state index contributed by atoms with van der Waals surface area (Å²) in [5.74, 6) is 1.17. The number of aryl methyl sites for hydroxylation is 1. The van der Waals surface area contributed by atoms with E-state index < -0.39 is 0 Å². The third kappa shape index (κ3) is 6.51. The summed E-state index contributed by atoms with van der Waals surface area (Å²) in [6, 6.07) is 6.12. The van der Waals surface area contributed by atoms with E-state index in [-0.39, 0.29) is 24.3 Å². The van der Waals surface area contributed by atoms with Gasteiger partial charge in [-0.1, -0.05) is 26.0 Å². The number of piperidine rings is 1. The molecule has 0 atom stereocenters. The third-order valence-electron chi connectivity index (χ3n) is 5.19. The summed E-state index contributed by atoms with van der Waals surface area (Å²) in [5, 5.41) is 2.95. The second-order valence-corrected chi connectivity index (χ2v) is 7.78. The average molecular weight is 391 g/mol. The molecule has 1 aliphatic heterocycles. The molecule has 0 saturated carbocycles. The molecule has 2 rings (SSSR count). The zero-order chi connectivity index (χ0) is 20.5. The summed E-state index contributed by atoms with van der Waals surface area (Å²) in [4.78, 5) is 26.6. The van der Waals surface area contributed by atoms with Gasteiger partial charge in [0.15, 0.2) is 6.61 Å². The summed E-state index contributed by atoms with van der Waals surface area (Å²) in [7, 11) is 1.65. The SMILES string of the molecule is COCCCNC(=O)C1CCN(C(=O)COc2cc(C)ccc2C(C)C)CC1. The highest BCUT2D eigenvalue weighted by Gasteiger charge is 2.27. The first kappa shape index (κ1) is 22.2. The average Bonchev–Trinajstić information content (AvgIpc) is 2.69. The second-order valence-electron chi connectivity index (χ2n) is 7.78. The molecule has 1 fully saturated rings. The quantitative estimate of drug-likeness (QED) is 0.659. The molecule has 0 bridgehead atoms. The van der Waals surface area contributed by atoms with Crippen LogP contribution in [0.15, 0.2) is 18.2 Å². The lowest BCUT2D eigenvalue weighted by atomic mass is 9.96. The van der Waals surface area contributed by atoms with Gasteiger partial charge in [0.1, 0.15) is 5.75 Å². The van der Waals surface area contributed by atoms with Crippen molar-refractivity contribution < 1.29 is 19.1 Å². The lowest BCUT2D eigenvalue weighted by Crippen LogP contribution is -2.44. The number of methoxy groups -OCH3 is 1. The zero-order valence-electron chi connectivity index (χ0n) is 17.6. The Hall–Kier alpha value is -2.08. The molecule has 6 nitrogen and oxygen atoms in total. The number of nitrogens with zero attached hydrogens (tertiary/aromatic N) is 1. The van der Waals surface area contributed by atoms with Gasteiger partial charge in [-0.25, -0.2) is 0 Å². The van der Waals surface area contributed by atoms with Crippen LogP contribution < -0.4 is 10.1 Å². The molecule has 1 saturated heterocycles. The largest absolute Gasteiger partial charge is 0.483 e. The summed E-state index contributed by atoms with van der Waals surface area (Å²) in [5.41, 5.74) is 2.23. The molecule has 1 aromatic rings. The Morgan fingerprint density at radius 1 is 1.25 bits per heavy atom. The number of rotatable bonds is 9. The normalized spacial score (nSPS) is 15.0. The Labute approximate surface area is 168 Å². The lowest BCUT2D eigenvalue weighted by molar-refractivity contribution is -0.137. The summed E-state index contributed by atoms with van der Waals surface area (Å²) >= 11 is 0. The van der Waals surface area contributed by atoms with Gasteiger partial charge in [0.25, 0.3) is 5.91 Å². The van der Waals surface area contributed by atoms with Crippen molar-refractivity contribution in [1.29, 1.82) is 0 Å². The maximum absolute atomic E-state index is 12.5. The van der Waals surface area contributed by atoms with Gasteiger partial charge in [-0.3, -0.25) is 9.59 Å². The van der Waals surface area contributed by atoms with Crippen LogP contribution in [0.1, 0.15) is 50.2 Å². The number of amides is 2. The third-order valence-corrected chi connectivity index (χ3v) is 5.19. The number of hydrogen-bond donors (Lipinski definition) is 1. The summed E-state index contributed by atoms with van der Waals surface area (Å²) < 4.78 is 10.8. The van der Waals surface area contributed by atoms with Crippen molar-refractivity contribution in [2.24, 2.45) is 5.92 Å². The molecule has 1 N–H and O–H groups in total. The topological polar surface area (TPSA) is 67.9 Å². The first-order valence-electron chi connectivity index (χ1n) is 10.2. The van der Waals surface area contributed by atoms with E-state index in [1.54, 1.807) is 12.0 Å². The molecule has 6 heteroatoms. The van der Waals surface area contributed by atoms with Crippen molar-refractivity contribution >= 4 is 11.8 Å². The van der Waals surface area contributed by atoms with E-state index in [9.17, 15) is 9.59 Å². The Bertz CT molecular complexity index is 652. The summed E-state index contributed by atoms with van der Waals surface area (Å²) in [6.07, 6.45) is 2.21. The maximum Gasteiger partial charge on any atom is 0.260 e. The van der Waals surface area contributed by atoms with Crippen LogP contribution in [-0.2, 0) is 14.3 Å². The van der Waals surface area contributed by atoms with Gasteiger partial charge in [0, 0.05) is 39.3 Å². The number of carbonyl (C=O) groups is 2. The van der Waals surface area contributed by atoms with E-state index in [0.717, 1.165) is 23.3 Å². The molecule has 1 heterocycles. The van der Waals surface area contributed by atoms with E-state index in [0.29, 0.717) is 45.0 Å². The first-order valence-corrected chi connectivity index (χ1v) is 10.2. The Morgan fingerprint density at radius 3 is 2.61 bits per heavy atom. The van der Waals surface area contributed by atoms with Crippen molar-refractivity contribution in [2.45, 2.75) is 46.0 Å². The molecular formula is C22H34N2O4. The second kappa shape index (κ2) is 11.1. The number of likely N-dealkylation sites (tertiary alicyclic amines) is 1. The van der Waals surface area contributed by atoms with Crippen molar-refractivity contribution in [2.75, 3.05) is 40.0 Å². The van der Waals surface area contributed by atoms with Crippen LogP contribution >= 0.6 is 0 Å². The van der Waals surface area contributed by atoms with E-state index in [1.165, 1.54) is 0 Å². The van der Waals surface area contributed by atoms with Gasteiger partial charge in [-0.15, -0.1) is 0 Å². The molecular weight excluding hydrogens is 356 g/mol. The van der Waals surface area contributed by atoms with Crippen molar-refractivity contribution in [3.8, 4) is 5.75 Å². The minimum absolute atomic E-state index is 0.0168. The van der Waals surface area contributed by atoms with Gasteiger partial charge >= 0.3 is 0 Å². The minimum Gasteiger partial charge on any atom is -0.483 e. The smallest absolute Gasteiger partial charge is 0.260 e. The van der Waals surface area contributed by atoms with E-state index in [1.807, 2.05) is 13.0 Å². The fourth-order valence-corrected chi connectivity index (χ4v) is 3.44. The molecule has 0 spiro atoms. The molecule has 1 aliphatic rings. The van der Waals surface area contributed by atoms with Gasteiger partial charge in [0.05, 0.1) is 0 Å². The van der Waals surface area contributed by atoms with Crippen LogP contribution in [0.4, 0.5) is 0 Å². The van der Waals surface area contributed by atoms with Gasteiger partial charge in [-0.05, 0) is 49.3 Å². The minimum atomic E-state index is -0.0184. The highest BCUT2D eigenvalue weighted by Crippen LogP contribution is 2.27. The van der Waals surface area contributed by atoms with Gasteiger partial charge in [-0.2, -0.15) is 0 Å². The number of hydrogen-bond acceptors (Lipinski definition) is 4. The lowest BCUT2D eigenvalue weighted by Gasteiger charge is -2.31. The standard InChI is InChI=1S/C22H34N2O4/c1-16(2)19-7-6-17(3)14-20(19)28-15-21(25)24-11-8-18(9-12-24)22(26)23-10-5-13-27-4/h6-7,14,16,18H,5,8-13,15H2,1-4H3,(H,23,26). The van der Waals surface area contributed by atoms with Crippen LogP contribution in [-0.4, -0.2) is 56.7 Å².